The molecule has 0 aliphatic carbocycles. The van der Waals surface area contributed by atoms with Crippen LogP contribution in [-0.2, 0) is 11.2 Å². The monoisotopic (exact) mass is 389 g/mol. The van der Waals surface area contributed by atoms with Gasteiger partial charge in [-0.3, -0.25) is 4.79 Å². The van der Waals surface area contributed by atoms with Gasteiger partial charge in [0.1, 0.15) is 5.75 Å². The van der Waals surface area contributed by atoms with Crippen LogP contribution < -0.4 is 19.5 Å². The molecule has 0 radical (unpaired) electrons. The summed E-state index contributed by atoms with van der Waals surface area (Å²) in [6, 6.07) is 13.7. The van der Waals surface area contributed by atoms with E-state index < -0.39 is 0 Å². The average Bonchev–Trinajstić information content (AvgIpc) is 2.69. The molecule has 5 nitrogen and oxygen atoms in total. The molecule has 2 aromatic carbocycles. The van der Waals surface area contributed by atoms with Gasteiger partial charge in [0.15, 0.2) is 11.5 Å². The van der Waals surface area contributed by atoms with Crippen LogP contribution in [0.15, 0.2) is 42.5 Å². The van der Waals surface area contributed by atoms with E-state index in [1.165, 1.54) is 5.56 Å². The van der Waals surface area contributed by atoms with Gasteiger partial charge < -0.3 is 19.5 Å². The molecule has 2 rings (SSSR count). The van der Waals surface area contributed by atoms with Crippen LogP contribution in [0.5, 0.6) is 17.2 Å². The third kappa shape index (κ3) is 7.43. The van der Waals surface area contributed by atoms with Crippen molar-refractivity contribution in [2.24, 2.45) is 0 Å². The number of hydrogen-bond acceptors (Lipinski definition) is 5. The molecular formula is C21H27NO4S. The number of methoxy groups -OCH3 is 2. The van der Waals surface area contributed by atoms with Crippen LogP contribution in [0.1, 0.15) is 11.1 Å². The van der Waals surface area contributed by atoms with Crippen molar-refractivity contribution < 1.29 is 19.0 Å². The summed E-state index contributed by atoms with van der Waals surface area (Å²) < 4.78 is 16.2. The standard InChI is InChI=1S/C21H27NO4S/c1-16-4-7-18(8-5-16)26-12-13-27-15-21(23)22-11-10-17-6-9-19(24-2)20(14-17)25-3/h4-9,14H,10-13,15H2,1-3H3,(H,22,23). The van der Waals surface area contributed by atoms with Crippen molar-refractivity contribution >= 4 is 17.7 Å². The summed E-state index contributed by atoms with van der Waals surface area (Å²) in [6.45, 7) is 3.23. The van der Waals surface area contributed by atoms with Crippen LogP contribution in [0, 0.1) is 6.92 Å². The highest BCUT2D eigenvalue weighted by Gasteiger charge is 2.06. The third-order valence-corrected chi connectivity index (χ3v) is 4.86. The summed E-state index contributed by atoms with van der Waals surface area (Å²) in [6.07, 6.45) is 0.743. The fourth-order valence-electron chi connectivity index (χ4n) is 2.45. The first-order valence-electron chi connectivity index (χ1n) is 8.87. The zero-order valence-electron chi connectivity index (χ0n) is 16.1. The smallest absolute Gasteiger partial charge is 0.230 e. The van der Waals surface area contributed by atoms with Crippen LogP contribution in [0.3, 0.4) is 0 Å². The number of benzene rings is 2. The first-order chi connectivity index (χ1) is 13.1. The second kappa shape index (κ2) is 11.4. The molecule has 0 saturated heterocycles. The summed E-state index contributed by atoms with van der Waals surface area (Å²) in [7, 11) is 3.23. The minimum atomic E-state index is 0.0378. The Hall–Kier alpha value is -2.34. The number of thioether (sulfide) groups is 1. The van der Waals surface area contributed by atoms with E-state index in [1.54, 1.807) is 26.0 Å². The number of nitrogens with one attached hydrogen (secondary N) is 1. The fraction of sp³-hybridized carbons (Fsp3) is 0.381. The minimum absolute atomic E-state index is 0.0378. The number of amides is 1. The number of aryl methyl sites for hydroxylation is 1. The topological polar surface area (TPSA) is 56.8 Å². The lowest BCUT2D eigenvalue weighted by atomic mass is 10.1. The molecule has 0 aromatic heterocycles. The Kier molecular flexibility index (Phi) is 8.84. The van der Waals surface area contributed by atoms with Crippen molar-refractivity contribution in [3.05, 3.63) is 53.6 Å². The lowest BCUT2D eigenvalue weighted by Gasteiger charge is -2.10. The molecule has 0 bridgehead atoms. The van der Waals surface area contributed by atoms with Crippen molar-refractivity contribution in [2.45, 2.75) is 13.3 Å². The molecule has 146 valence electrons. The van der Waals surface area contributed by atoms with E-state index in [0.29, 0.717) is 30.4 Å². The van der Waals surface area contributed by atoms with Crippen LogP contribution in [0.25, 0.3) is 0 Å². The zero-order chi connectivity index (χ0) is 19.5. The number of hydrogen-bond donors (Lipinski definition) is 1. The normalized spacial score (nSPS) is 10.3. The maximum Gasteiger partial charge on any atom is 0.230 e. The zero-order valence-corrected chi connectivity index (χ0v) is 16.9. The van der Waals surface area contributed by atoms with E-state index in [4.69, 9.17) is 14.2 Å². The van der Waals surface area contributed by atoms with Gasteiger partial charge in [-0.05, 0) is 43.2 Å². The van der Waals surface area contributed by atoms with Crippen molar-refractivity contribution in [3.8, 4) is 17.2 Å². The molecule has 2 aromatic rings. The molecule has 0 heterocycles. The van der Waals surface area contributed by atoms with Gasteiger partial charge in [-0.15, -0.1) is 11.8 Å². The largest absolute Gasteiger partial charge is 0.493 e. The highest BCUT2D eigenvalue weighted by Crippen LogP contribution is 2.27. The average molecular weight is 390 g/mol. The predicted octanol–water partition coefficient (Wildman–Crippen LogP) is 3.48. The van der Waals surface area contributed by atoms with Gasteiger partial charge in [0.2, 0.25) is 5.91 Å². The molecule has 1 N–H and O–H groups in total. The van der Waals surface area contributed by atoms with E-state index in [2.05, 4.69) is 5.32 Å². The Morgan fingerprint density at radius 3 is 2.48 bits per heavy atom. The first-order valence-corrected chi connectivity index (χ1v) is 10.0. The maximum absolute atomic E-state index is 11.9. The Bertz CT molecular complexity index is 719. The highest BCUT2D eigenvalue weighted by molar-refractivity contribution is 7.99. The van der Waals surface area contributed by atoms with E-state index in [1.807, 2.05) is 49.4 Å². The summed E-state index contributed by atoms with van der Waals surface area (Å²) in [5.74, 6) is 3.51. The van der Waals surface area contributed by atoms with Crippen LogP contribution in [0.4, 0.5) is 0 Å². The first kappa shape index (κ1) is 21.0. The number of ether oxygens (including phenoxy) is 3. The minimum Gasteiger partial charge on any atom is -0.493 e. The molecule has 0 aliphatic heterocycles. The predicted molar refractivity (Wildman–Crippen MR) is 110 cm³/mol. The Balaban J connectivity index is 1.59. The quantitative estimate of drug-likeness (QED) is 0.596. The van der Waals surface area contributed by atoms with E-state index in [0.717, 1.165) is 23.5 Å². The van der Waals surface area contributed by atoms with Crippen molar-refractivity contribution in [1.82, 2.24) is 5.32 Å². The molecule has 1 amide bonds. The lowest BCUT2D eigenvalue weighted by molar-refractivity contribution is -0.118. The summed E-state index contributed by atoms with van der Waals surface area (Å²) >= 11 is 1.57. The second-order valence-electron chi connectivity index (χ2n) is 6.00. The van der Waals surface area contributed by atoms with Gasteiger partial charge in [-0.1, -0.05) is 23.8 Å². The molecule has 27 heavy (non-hydrogen) atoms. The van der Waals surface area contributed by atoms with Gasteiger partial charge in [-0.2, -0.15) is 0 Å². The van der Waals surface area contributed by atoms with Crippen LogP contribution in [0.2, 0.25) is 0 Å². The molecule has 0 aliphatic rings. The Morgan fingerprint density at radius 2 is 1.78 bits per heavy atom. The van der Waals surface area contributed by atoms with Gasteiger partial charge in [0.25, 0.3) is 0 Å². The van der Waals surface area contributed by atoms with Crippen molar-refractivity contribution in [1.29, 1.82) is 0 Å². The Morgan fingerprint density at radius 1 is 1.04 bits per heavy atom. The number of carbonyl (C=O) groups is 1. The van der Waals surface area contributed by atoms with Crippen LogP contribution in [-0.4, -0.2) is 44.8 Å². The number of carbonyl (C=O) groups excluding carboxylic acids is 1. The van der Waals surface area contributed by atoms with Crippen LogP contribution >= 0.6 is 11.8 Å². The Labute approximate surface area is 165 Å². The third-order valence-electron chi connectivity index (χ3n) is 3.93. The summed E-state index contributed by atoms with van der Waals surface area (Å²) in [5, 5.41) is 2.94. The SMILES string of the molecule is COc1ccc(CCNC(=O)CSCCOc2ccc(C)cc2)cc1OC. The summed E-state index contributed by atoms with van der Waals surface area (Å²) in [5.41, 5.74) is 2.30. The molecule has 6 heteroatoms. The molecule has 0 atom stereocenters. The van der Waals surface area contributed by atoms with Crippen molar-refractivity contribution in [2.75, 3.05) is 38.9 Å². The van der Waals surface area contributed by atoms with E-state index >= 15 is 0 Å². The fourth-order valence-corrected chi connectivity index (χ4v) is 3.08. The molecule has 0 fully saturated rings. The van der Waals surface area contributed by atoms with Gasteiger partial charge in [-0.25, -0.2) is 0 Å². The number of rotatable bonds is 11. The lowest BCUT2D eigenvalue weighted by Crippen LogP contribution is -2.27. The molecule has 0 saturated carbocycles. The second-order valence-corrected chi connectivity index (χ2v) is 7.11. The van der Waals surface area contributed by atoms with Gasteiger partial charge >= 0.3 is 0 Å². The van der Waals surface area contributed by atoms with Gasteiger partial charge in [0, 0.05) is 12.3 Å². The molecule has 0 spiro atoms. The maximum atomic E-state index is 11.9. The van der Waals surface area contributed by atoms with Crippen molar-refractivity contribution in [3.63, 3.8) is 0 Å². The summed E-state index contributed by atoms with van der Waals surface area (Å²) in [4.78, 5) is 11.9. The molecule has 0 unspecified atom stereocenters. The molecular weight excluding hydrogens is 362 g/mol. The van der Waals surface area contributed by atoms with Gasteiger partial charge in [0.05, 0.1) is 26.6 Å². The highest BCUT2D eigenvalue weighted by atomic mass is 32.2. The van der Waals surface area contributed by atoms with E-state index in [-0.39, 0.29) is 5.91 Å². The van der Waals surface area contributed by atoms with E-state index in [9.17, 15) is 4.79 Å².